The van der Waals surface area contributed by atoms with Crippen LogP contribution in [0.3, 0.4) is 0 Å². The van der Waals surface area contributed by atoms with Crippen molar-refractivity contribution in [2.75, 3.05) is 24.5 Å². The summed E-state index contributed by atoms with van der Waals surface area (Å²) in [6, 6.07) is 6.81. The number of hydrogen-bond acceptors (Lipinski definition) is 4. The first-order valence-corrected chi connectivity index (χ1v) is 9.73. The minimum atomic E-state index is -0.501. The third-order valence-corrected chi connectivity index (χ3v) is 6.41. The predicted octanol–water partition coefficient (Wildman–Crippen LogP) is 1.81. The topological polar surface area (TPSA) is 62.6 Å². The summed E-state index contributed by atoms with van der Waals surface area (Å²) in [6.07, 6.45) is 2.38. The maximum Gasteiger partial charge on any atom is 0.250 e. The van der Waals surface area contributed by atoms with Gasteiger partial charge < -0.3 is 14.4 Å². The Morgan fingerprint density at radius 2 is 2.15 bits per heavy atom. The Labute approximate surface area is 155 Å². The van der Waals surface area contributed by atoms with Gasteiger partial charge in [-0.3, -0.25) is 14.4 Å². The van der Waals surface area contributed by atoms with Gasteiger partial charge in [0.15, 0.2) is 0 Å². The van der Waals surface area contributed by atoms with Crippen molar-refractivity contribution in [3.63, 3.8) is 0 Å². The average molecular weight is 371 g/mol. The molecule has 2 saturated heterocycles. The van der Waals surface area contributed by atoms with Crippen LogP contribution in [0.1, 0.15) is 13.3 Å². The second-order valence-electron chi connectivity index (χ2n) is 7.19. The Morgan fingerprint density at radius 3 is 2.88 bits per heavy atom. The maximum atomic E-state index is 13.2. The van der Waals surface area contributed by atoms with Gasteiger partial charge in [0.05, 0.1) is 11.1 Å². The van der Waals surface area contributed by atoms with E-state index in [0.29, 0.717) is 19.6 Å². The zero-order valence-electron chi connectivity index (χ0n) is 14.6. The number of likely N-dealkylation sites (tertiary alicyclic amines) is 1. The van der Waals surface area contributed by atoms with E-state index in [1.54, 1.807) is 34.6 Å². The van der Waals surface area contributed by atoms with Crippen LogP contribution in [0.2, 0.25) is 0 Å². The molecule has 0 saturated carbocycles. The van der Waals surface area contributed by atoms with Gasteiger partial charge in [-0.1, -0.05) is 13.0 Å². The number of hydrogen-bond donors (Lipinski definition) is 0. The molecule has 6 nitrogen and oxygen atoms in total. The molecule has 136 valence electrons. The van der Waals surface area contributed by atoms with Crippen LogP contribution in [0, 0.1) is 11.3 Å². The fourth-order valence-corrected chi connectivity index (χ4v) is 4.78. The Morgan fingerprint density at radius 1 is 1.31 bits per heavy atom. The number of anilines is 1. The molecule has 2 aliphatic heterocycles. The number of carbonyl (C=O) groups is 2. The highest BCUT2D eigenvalue weighted by molar-refractivity contribution is 7.08. The molecule has 0 unspecified atom stereocenters. The van der Waals surface area contributed by atoms with Gasteiger partial charge in [0, 0.05) is 37.3 Å². The molecule has 26 heavy (non-hydrogen) atoms. The Bertz CT molecular complexity index is 891. The summed E-state index contributed by atoms with van der Waals surface area (Å²) in [5.74, 6) is 0.120. The van der Waals surface area contributed by atoms with Crippen molar-refractivity contribution in [2.24, 2.45) is 11.3 Å². The quantitative estimate of drug-likeness (QED) is 0.827. The molecule has 0 radical (unpaired) electrons. The highest BCUT2D eigenvalue weighted by Gasteiger charge is 2.56. The fraction of sp³-hybridized carbons (Fsp3) is 0.421. The van der Waals surface area contributed by atoms with Gasteiger partial charge in [-0.15, -0.1) is 0 Å². The monoisotopic (exact) mass is 371 g/mol. The van der Waals surface area contributed by atoms with Crippen molar-refractivity contribution in [1.82, 2.24) is 9.47 Å². The zero-order valence-corrected chi connectivity index (χ0v) is 15.4. The number of pyridine rings is 1. The first-order valence-electron chi connectivity index (χ1n) is 8.79. The first kappa shape index (κ1) is 17.0. The smallest absolute Gasteiger partial charge is 0.250 e. The molecule has 0 bridgehead atoms. The van der Waals surface area contributed by atoms with Crippen molar-refractivity contribution in [2.45, 2.75) is 19.9 Å². The Balaban J connectivity index is 1.51. The van der Waals surface area contributed by atoms with Crippen molar-refractivity contribution < 1.29 is 9.59 Å². The lowest BCUT2D eigenvalue weighted by atomic mass is 9.78. The number of thiophene rings is 1. The maximum absolute atomic E-state index is 13.2. The van der Waals surface area contributed by atoms with Gasteiger partial charge in [-0.05, 0) is 29.9 Å². The van der Waals surface area contributed by atoms with Crippen LogP contribution in [0.4, 0.5) is 5.69 Å². The molecule has 2 amide bonds. The largest absolute Gasteiger partial charge is 0.340 e. The summed E-state index contributed by atoms with van der Waals surface area (Å²) in [4.78, 5) is 41.3. The van der Waals surface area contributed by atoms with E-state index in [2.05, 4.69) is 6.92 Å². The van der Waals surface area contributed by atoms with Gasteiger partial charge in [-0.2, -0.15) is 11.3 Å². The van der Waals surface area contributed by atoms with E-state index in [1.165, 1.54) is 10.6 Å². The van der Waals surface area contributed by atoms with Gasteiger partial charge in [0.2, 0.25) is 11.8 Å². The molecular formula is C19H21N3O3S. The minimum Gasteiger partial charge on any atom is -0.340 e. The standard InChI is InChI=1S/C19H21N3O3S/c1-14-10-21(17(24)11-20-7-3-2-4-16(20)23)13-19(14)6-8-22(18(19)25)15-5-9-26-12-15/h2-5,7,9,12,14H,6,8,10-11,13H2,1H3/t14-,19-/m1/s1. The van der Waals surface area contributed by atoms with Crippen molar-refractivity contribution in [1.29, 1.82) is 0 Å². The van der Waals surface area contributed by atoms with E-state index in [0.717, 1.165) is 12.1 Å². The third-order valence-electron chi connectivity index (χ3n) is 5.74. The summed E-state index contributed by atoms with van der Waals surface area (Å²) in [6.45, 7) is 3.76. The molecule has 1 spiro atoms. The highest BCUT2D eigenvalue weighted by Crippen LogP contribution is 2.46. The third kappa shape index (κ3) is 2.67. The van der Waals surface area contributed by atoms with Crippen LogP contribution in [0.5, 0.6) is 0 Å². The van der Waals surface area contributed by atoms with Gasteiger partial charge in [-0.25, -0.2) is 0 Å². The lowest BCUT2D eigenvalue weighted by molar-refractivity contribution is -0.132. The first-order chi connectivity index (χ1) is 12.5. The van der Waals surface area contributed by atoms with Gasteiger partial charge in [0.1, 0.15) is 6.54 Å². The molecule has 2 fully saturated rings. The van der Waals surface area contributed by atoms with E-state index in [-0.39, 0.29) is 29.8 Å². The normalized spacial score (nSPS) is 25.4. The number of carbonyl (C=O) groups excluding carboxylic acids is 2. The molecule has 4 rings (SSSR count). The lowest BCUT2D eigenvalue weighted by Gasteiger charge is -2.26. The summed E-state index contributed by atoms with van der Waals surface area (Å²) in [7, 11) is 0. The Hall–Kier alpha value is -2.41. The van der Waals surface area contributed by atoms with E-state index >= 15 is 0 Å². The second kappa shape index (κ2) is 6.39. The molecule has 7 heteroatoms. The van der Waals surface area contributed by atoms with E-state index < -0.39 is 5.41 Å². The van der Waals surface area contributed by atoms with Crippen LogP contribution in [-0.2, 0) is 16.1 Å². The van der Waals surface area contributed by atoms with Gasteiger partial charge >= 0.3 is 0 Å². The molecule has 2 aliphatic rings. The molecule has 4 heterocycles. The van der Waals surface area contributed by atoms with Crippen LogP contribution in [0.25, 0.3) is 0 Å². The van der Waals surface area contributed by atoms with Crippen molar-refractivity contribution >= 4 is 28.8 Å². The van der Waals surface area contributed by atoms with E-state index in [9.17, 15) is 14.4 Å². The lowest BCUT2D eigenvalue weighted by Crippen LogP contribution is -2.41. The molecule has 0 N–H and O–H groups in total. The van der Waals surface area contributed by atoms with Crippen molar-refractivity contribution in [3.05, 3.63) is 51.6 Å². The zero-order chi connectivity index (χ0) is 18.3. The van der Waals surface area contributed by atoms with E-state index in [4.69, 9.17) is 0 Å². The summed E-state index contributed by atoms with van der Waals surface area (Å²) < 4.78 is 1.41. The number of rotatable bonds is 3. The number of aromatic nitrogens is 1. The summed E-state index contributed by atoms with van der Waals surface area (Å²) >= 11 is 1.58. The molecular weight excluding hydrogens is 350 g/mol. The van der Waals surface area contributed by atoms with Crippen LogP contribution >= 0.6 is 11.3 Å². The average Bonchev–Trinajstić information content (AvgIpc) is 3.32. The molecule has 2 aromatic heterocycles. The van der Waals surface area contributed by atoms with Crippen LogP contribution in [0.15, 0.2) is 46.0 Å². The molecule has 0 aliphatic carbocycles. The van der Waals surface area contributed by atoms with Crippen LogP contribution in [-0.4, -0.2) is 40.9 Å². The number of nitrogens with zero attached hydrogens (tertiary/aromatic N) is 3. The minimum absolute atomic E-state index is 0.0188. The SMILES string of the molecule is C[C@@H]1CN(C(=O)Cn2ccccc2=O)C[C@]12CCN(c1ccsc1)C2=O. The summed E-state index contributed by atoms with van der Waals surface area (Å²) in [5, 5.41) is 3.96. The van der Waals surface area contributed by atoms with Gasteiger partial charge in [0.25, 0.3) is 5.56 Å². The molecule has 2 aromatic rings. The van der Waals surface area contributed by atoms with E-state index in [1.807, 2.05) is 21.7 Å². The van der Waals surface area contributed by atoms with Crippen LogP contribution < -0.4 is 10.5 Å². The van der Waals surface area contributed by atoms with Crippen molar-refractivity contribution in [3.8, 4) is 0 Å². The Kier molecular flexibility index (Phi) is 4.19. The molecule has 2 atom stereocenters. The highest BCUT2D eigenvalue weighted by atomic mass is 32.1. The fourth-order valence-electron chi connectivity index (χ4n) is 4.14. The predicted molar refractivity (Wildman–Crippen MR) is 100 cm³/mol. The molecule has 0 aromatic carbocycles. The second-order valence-corrected chi connectivity index (χ2v) is 7.97. The summed E-state index contributed by atoms with van der Waals surface area (Å²) in [5.41, 5.74) is 0.257. The number of amides is 2.